The summed E-state index contributed by atoms with van der Waals surface area (Å²) in [5.74, 6) is 1.18. The Morgan fingerprint density at radius 3 is 3.06 bits per heavy atom. The van der Waals surface area contributed by atoms with Crippen LogP contribution in [0.1, 0.15) is 42.3 Å². The van der Waals surface area contributed by atoms with Crippen molar-refractivity contribution in [1.29, 1.82) is 0 Å². The maximum atomic E-state index is 6.61. The van der Waals surface area contributed by atoms with Crippen molar-refractivity contribution in [2.45, 2.75) is 38.1 Å². The highest BCUT2D eigenvalue weighted by molar-refractivity contribution is 6.22. The summed E-state index contributed by atoms with van der Waals surface area (Å²) in [5.41, 5.74) is 3.44. The van der Waals surface area contributed by atoms with Crippen molar-refractivity contribution < 1.29 is 0 Å². The van der Waals surface area contributed by atoms with Crippen LogP contribution in [0.5, 0.6) is 0 Å². The monoisotopic (exact) mass is 248 g/mol. The van der Waals surface area contributed by atoms with Crippen molar-refractivity contribution in [3.8, 4) is 0 Å². The average molecular weight is 249 g/mol. The van der Waals surface area contributed by atoms with Crippen LogP contribution >= 0.6 is 11.6 Å². The van der Waals surface area contributed by atoms with E-state index in [1.165, 1.54) is 30.7 Å². The van der Waals surface area contributed by atoms with Gasteiger partial charge in [0.25, 0.3) is 0 Å². The zero-order chi connectivity index (χ0) is 11.8. The van der Waals surface area contributed by atoms with Crippen molar-refractivity contribution in [2.24, 2.45) is 4.99 Å². The van der Waals surface area contributed by atoms with Crippen LogP contribution in [-0.4, -0.2) is 17.3 Å². The molecule has 0 amide bonds. The number of nitrogens with zero attached hydrogens (tertiary/aromatic N) is 2. The Morgan fingerprint density at radius 1 is 1.29 bits per heavy atom. The van der Waals surface area contributed by atoms with Gasteiger partial charge in [0.05, 0.1) is 5.69 Å². The van der Waals surface area contributed by atoms with E-state index in [0.29, 0.717) is 0 Å². The minimum Gasteiger partial charge on any atom is -0.340 e. The molecule has 1 fully saturated rings. The molecule has 0 radical (unpaired) electrons. The van der Waals surface area contributed by atoms with Gasteiger partial charge in [-0.3, -0.25) is 0 Å². The van der Waals surface area contributed by atoms with Gasteiger partial charge in [0.2, 0.25) is 0 Å². The number of aryl methyl sites for hydroxylation is 1. The lowest BCUT2D eigenvalue weighted by atomic mass is 10.1. The Kier molecular flexibility index (Phi) is 2.83. The fourth-order valence-corrected chi connectivity index (χ4v) is 3.04. The Balaban J connectivity index is 2.06. The number of hydrogen-bond donors (Lipinski definition) is 0. The fourth-order valence-electron chi connectivity index (χ4n) is 2.65. The lowest BCUT2D eigenvalue weighted by Crippen LogP contribution is -2.34. The summed E-state index contributed by atoms with van der Waals surface area (Å²) in [5, 5.41) is 0. The first kappa shape index (κ1) is 11.1. The summed E-state index contributed by atoms with van der Waals surface area (Å²) in [6.07, 6.45) is 4.81. The van der Waals surface area contributed by atoms with E-state index in [4.69, 9.17) is 16.6 Å². The van der Waals surface area contributed by atoms with Crippen LogP contribution in [-0.2, 0) is 0 Å². The predicted octanol–water partition coefficient (Wildman–Crippen LogP) is 4.15. The molecule has 1 saturated heterocycles. The van der Waals surface area contributed by atoms with Crippen molar-refractivity contribution in [1.82, 2.24) is 4.90 Å². The molecule has 2 nitrogen and oxygen atoms in total. The number of halogens is 1. The van der Waals surface area contributed by atoms with Crippen molar-refractivity contribution in [2.75, 3.05) is 6.54 Å². The van der Waals surface area contributed by atoms with Crippen molar-refractivity contribution in [3.63, 3.8) is 0 Å². The van der Waals surface area contributed by atoms with Crippen LogP contribution < -0.4 is 0 Å². The maximum Gasteiger partial charge on any atom is 0.132 e. The van der Waals surface area contributed by atoms with E-state index in [1.54, 1.807) is 0 Å². The molecule has 90 valence electrons. The van der Waals surface area contributed by atoms with Crippen LogP contribution in [0.25, 0.3) is 0 Å². The zero-order valence-corrected chi connectivity index (χ0v) is 10.9. The molecule has 1 unspecified atom stereocenters. The first-order valence-corrected chi connectivity index (χ1v) is 6.78. The minimum absolute atomic E-state index is 0.0319. The molecule has 1 aromatic carbocycles. The molecule has 0 aromatic heterocycles. The van der Waals surface area contributed by atoms with E-state index in [-0.39, 0.29) is 5.50 Å². The lowest BCUT2D eigenvalue weighted by molar-refractivity contribution is 0.387. The minimum atomic E-state index is -0.0319. The quantitative estimate of drug-likeness (QED) is 0.497. The van der Waals surface area contributed by atoms with Gasteiger partial charge < -0.3 is 4.90 Å². The number of fused-ring (bicyclic) bond motifs is 2. The number of benzene rings is 1. The molecule has 1 atom stereocenters. The van der Waals surface area contributed by atoms with Crippen LogP contribution in [0.2, 0.25) is 0 Å². The normalized spacial score (nSPS) is 23.5. The average Bonchev–Trinajstić information content (AvgIpc) is 2.56. The van der Waals surface area contributed by atoms with Gasteiger partial charge in [-0.25, -0.2) is 4.99 Å². The van der Waals surface area contributed by atoms with Gasteiger partial charge in [-0.15, -0.1) is 0 Å². The SMILES string of the molecule is Cc1ccc2c(c1)C(Cl)N1CCCCCC1=N2. The summed E-state index contributed by atoms with van der Waals surface area (Å²) in [6.45, 7) is 3.14. The second-order valence-corrected chi connectivity index (χ2v) is 5.34. The molecule has 3 heteroatoms. The summed E-state index contributed by atoms with van der Waals surface area (Å²) in [7, 11) is 0. The Bertz CT molecular complexity index is 467. The van der Waals surface area contributed by atoms with Crippen LogP contribution in [0.4, 0.5) is 5.69 Å². The molecular weight excluding hydrogens is 232 g/mol. The summed E-state index contributed by atoms with van der Waals surface area (Å²) >= 11 is 6.61. The number of rotatable bonds is 0. The molecule has 2 aliphatic rings. The third kappa shape index (κ3) is 1.95. The highest BCUT2D eigenvalue weighted by Crippen LogP contribution is 2.39. The van der Waals surface area contributed by atoms with Gasteiger partial charge in [0.1, 0.15) is 11.3 Å². The van der Waals surface area contributed by atoms with E-state index in [1.807, 2.05) is 0 Å². The van der Waals surface area contributed by atoms with E-state index in [9.17, 15) is 0 Å². The molecule has 3 rings (SSSR count). The van der Waals surface area contributed by atoms with E-state index in [2.05, 4.69) is 30.0 Å². The molecule has 1 aromatic rings. The third-order valence-corrected chi connectivity index (χ3v) is 4.06. The molecule has 0 N–H and O–H groups in total. The zero-order valence-electron chi connectivity index (χ0n) is 10.1. The van der Waals surface area contributed by atoms with Crippen LogP contribution in [0.3, 0.4) is 0 Å². The predicted molar refractivity (Wildman–Crippen MR) is 72.0 cm³/mol. The molecule has 17 heavy (non-hydrogen) atoms. The summed E-state index contributed by atoms with van der Waals surface area (Å²) < 4.78 is 0. The second kappa shape index (κ2) is 4.34. The lowest BCUT2D eigenvalue weighted by Gasteiger charge is -2.34. The Hall–Kier alpha value is -1.02. The summed E-state index contributed by atoms with van der Waals surface area (Å²) in [6, 6.07) is 6.37. The van der Waals surface area contributed by atoms with Crippen LogP contribution in [0, 0.1) is 6.92 Å². The third-order valence-electron chi connectivity index (χ3n) is 3.59. The number of amidine groups is 1. The fraction of sp³-hybridized carbons (Fsp3) is 0.500. The van der Waals surface area contributed by atoms with E-state index in [0.717, 1.165) is 24.2 Å². The van der Waals surface area contributed by atoms with Gasteiger partial charge >= 0.3 is 0 Å². The highest BCUT2D eigenvalue weighted by atomic mass is 35.5. The molecule has 2 heterocycles. The highest BCUT2D eigenvalue weighted by Gasteiger charge is 2.28. The van der Waals surface area contributed by atoms with Crippen molar-refractivity contribution >= 4 is 23.1 Å². The first-order chi connectivity index (χ1) is 8.25. The van der Waals surface area contributed by atoms with E-state index >= 15 is 0 Å². The second-order valence-electron chi connectivity index (χ2n) is 4.93. The first-order valence-electron chi connectivity index (χ1n) is 6.34. The molecule has 0 aliphatic carbocycles. The molecule has 0 bridgehead atoms. The topological polar surface area (TPSA) is 15.6 Å². The number of hydrogen-bond acceptors (Lipinski definition) is 2. The van der Waals surface area contributed by atoms with Gasteiger partial charge in [0, 0.05) is 18.5 Å². The van der Waals surface area contributed by atoms with Gasteiger partial charge in [-0.1, -0.05) is 35.7 Å². The van der Waals surface area contributed by atoms with E-state index < -0.39 is 0 Å². The van der Waals surface area contributed by atoms with Crippen molar-refractivity contribution in [3.05, 3.63) is 29.3 Å². The molecule has 0 spiro atoms. The molecule has 2 aliphatic heterocycles. The Labute approximate surface area is 107 Å². The van der Waals surface area contributed by atoms with Crippen LogP contribution in [0.15, 0.2) is 23.2 Å². The molecular formula is C14H17ClN2. The summed E-state index contributed by atoms with van der Waals surface area (Å²) in [4.78, 5) is 7.05. The largest absolute Gasteiger partial charge is 0.340 e. The smallest absolute Gasteiger partial charge is 0.132 e. The standard InChI is InChI=1S/C14H17ClN2/c1-10-6-7-12-11(9-10)14(15)17-8-4-2-3-5-13(17)16-12/h6-7,9,14H,2-5,8H2,1H3. The van der Waals surface area contributed by atoms with Gasteiger partial charge in [-0.2, -0.15) is 0 Å². The number of aliphatic imine (C=N–C) groups is 1. The molecule has 0 saturated carbocycles. The Morgan fingerprint density at radius 2 is 2.18 bits per heavy atom. The van der Waals surface area contributed by atoms with Gasteiger partial charge in [-0.05, 0) is 25.8 Å². The number of alkyl halides is 1. The maximum absolute atomic E-state index is 6.61. The van der Waals surface area contributed by atoms with Gasteiger partial charge in [0.15, 0.2) is 0 Å².